The van der Waals surface area contributed by atoms with E-state index in [1.54, 1.807) is 36.4 Å². The number of nitrogens with two attached hydrogens (primary N) is 1. The molecule has 8 heteroatoms. The summed E-state index contributed by atoms with van der Waals surface area (Å²) in [6, 6.07) is 14.1. The predicted molar refractivity (Wildman–Crippen MR) is 121 cm³/mol. The molecular weight excluding hydrogens is 411 g/mol. The van der Waals surface area contributed by atoms with Crippen molar-refractivity contribution >= 4 is 42.3 Å². The normalized spacial score (nSPS) is 13.1. The third-order valence-electron chi connectivity index (χ3n) is 4.73. The Kier molecular flexibility index (Phi) is 10.5. The lowest BCUT2D eigenvalue weighted by atomic mass is 10.1. The first-order valence-electron chi connectivity index (χ1n) is 9.35. The van der Waals surface area contributed by atoms with E-state index >= 15 is 0 Å². The van der Waals surface area contributed by atoms with Gasteiger partial charge in [-0.05, 0) is 61.8 Å². The van der Waals surface area contributed by atoms with Gasteiger partial charge in [-0.1, -0.05) is 18.2 Å². The molecule has 1 heterocycles. The Hall–Kier alpha value is -2.28. The monoisotopic (exact) mass is 438 g/mol. The van der Waals surface area contributed by atoms with E-state index < -0.39 is 0 Å². The molecule has 158 valence electrons. The minimum Gasteiger partial charge on any atom is -0.399 e. The van der Waals surface area contributed by atoms with Crippen molar-refractivity contribution in [1.29, 1.82) is 0 Å². The lowest BCUT2D eigenvalue weighted by Crippen LogP contribution is -2.33. The first kappa shape index (κ1) is 24.8. The molecule has 1 aliphatic heterocycles. The van der Waals surface area contributed by atoms with Gasteiger partial charge in [0.05, 0.1) is 0 Å². The fourth-order valence-corrected chi connectivity index (χ4v) is 3.17. The minimum absolute atomic E-state index is 0. The van der Waals surface area contributed by atoms with Crippen molar-refractivity contribution in [3.05, 3.63) is 65.2 Å². The number of amides is 2. The van der Waals surface area contributed by atoms with Crippen LogP contribution in [-0.4, -0.2) is 42.9 Å². The molecule has 1 saturated heterocycles. The average molecular weight is 439 g/mol. The summed E-state index contributed by atoms with van der Waals surface area (Å²) in [5.74, 6) is -0.240. The lowest BCUT2D eigenvalue weighted by molar-refractivity contribution is 0.0941. The third kappa shape index (κ3) is 7.57. The van der Waals surface area contributed by atoms with E-state index in [1.807, 2.05) is 12.1 Å². The van der Waals surface area contributed by atoms with Gasteiger partial charge < -0.3 is 21.3 Å². The Bertz CT molecular complexity index is 794. The number of nitrogen functional groups attached to an aromatic ring is 1. The number of carbonyl (C=O) groups is 2. The Balaban J connectivity index is 0.00000210. The van der Waals surface area contributed by atoms with Crippen molar-refractivity contribution in [3.63, 3.8) is 0 Å². The van der Waals surface area contributed by atoms with Crippen LogP contribution in [0.2, 0.25) is 0 Å². The topological polar surface area (TPSA) is 87.5 Å². The summed E-state index contributed by atoms with van der Waals surface area (Å²) in [6.45, 7) is 4.22. The van der Waals surface area contributed by atoms with Gasteiger partial charge in [0.2, 0.25) is 0 Å². The molecule has 1 aliphatic rings. The van der Waals surface area contributed by atoms with Crippen LogP contribution in [-0.2, 0) is 6.54 Å². The number of rotatable bonds is 7. The maximum Gasteiger partial charge on any atom is 0.251 e. The number of anilines is 1. The molecule has 0 radical (unpaired) electrons. The van der Waals surface area contributed by atoms with Crippen LogP contribution in [0.25, 0.3) is 0 Å². The summed E-state index contributed by atoms with van der Waals surface area (Å²) >= 11 is 0. The van der Waals surface area contributed by atoms with Crippen molar-refractivity contribution < 1.29 is 9.59 Å². The largest absolute Gasteiger partial charge is 0.399 e. The molecule has 2 aromatic rings. The lowest BCUT2D eigenvalue weighted by Gasteiger charge is -2.14. The predicted octanol–water partition coefficient (Wildman–Crippen LogP) is 2.87. The third-order valence-corrected chi connectivity index (χ3v) is 4.73. The van der Waals surface area contributed by atoms with Gasteiger partial charge in [-0.25, -0.2) is 0 Å². The van der Waals surface area contributed by atoms with Crippen LogP contribution in [0.15, 0.2) is 48.5 Å². The van der Waals surface area contributed by atoms with Gasteiger partial charge >= 0.3 is 0 Å². The van der Waals surface area contributed by atoms with Crippen molar-refractivity contribution in [2.45, 2.75) is 19.4 Å². The SMILES string of the molecule is Cl.Cl.Nc1cccc(C(=O)NCc2ccc(C(=O)NCCN3CCCC3)cc2)c1. The second-order valence-electron chi connectivity index (χ2n) is 6.81. The quantitative estimate of drug-likeness (QED) is 0.579. The van der Waals surface area contributed by atoms with Crippen LogP contribution in [0.4, 0.5) is 5.69 Å². The Morgan fingerprint density at radius 2 is 1.55 bits per heavy atom. The fourth-order valence-electron chi connectivity index (χ4n) is 3.17. The number of nitrogens with one attached hydrogen (secondary N) is 2. The van der Waals surface area contributed by atoms with Gasteiger partial charge in [0.1, 0.15) is 0 Å². The number of halogens is 2. The number of likely N-dealkylation sites (tertiary alicyclic amines) is 1. The van der Waals surface area contributed by atoms with Crippen LogP contribution in [0.3, 0.4) is 0 Å². The smallest absolute Gasteiger partial charge is 0.251 e. The Labute approximate surface area is 184 Å². The highest BCUT2D eigenvalue weighted by Crippen LogP contribution is 2.09. The molecular formula is C21H28Cl2N4O2. The average Bonchev–Trinajstić information content (AvgIpc) is 3.20. The number of benzene rings is 2. The second kappa shape index (κ2) is 12.3. The fraction of sp³-hybridized carbons (Fsp3) is 0.333. The van der Waals surface area contributed by atoms with Crippen LogP contribution in [0, 0.1) is 0 Å². The molecule has 0 saturated carbocycles. The molecule has 29 heavy (non-hydrogen) atoms. The summed E-state index contributed by atoms with van der Waals surface area (Å²) in [4.78, 5) is 26.7. The van der Waals surface area contributed by atoms with Crippen LogP contribution in [0.1, 0.15) is 39.1 Å². The Morgan fingerprint density at radius 1 is 0.897 bits per heavy atom. The highest BCUT2D eigenvalue weighted by Gasteiger charge is 2.12. The zero-order chi connectivity index (χ0) is 19.1. The molecule has 2 amide bonds. The molecule has 4 N–H and O–H groups in total. The van der Waals surface area contributed by atoms with E-state index in [0.717, 1.165) is 25.2 Å². The van der Waals surface area contributed by atoms with E-state index in [-0.39, 0.29) is 36.6 Å². The maximum absolute atomic E-state index is 12.2. The van der Waals surface area contributed by atoms with Crippen LogP contribution in [0.5, 0.6) is 0 Å². The zero-order valence-corrected chi connectivity index (χ0v) is 17.9. The van der Waals surface area contributed by atoms with Gasteiger partial charge in [0, 0.05) is 36.4 Å². The summed E-state index contributed by atoms with van der Waals surface area (Å²) in [7, 11) is 0. The number of hydrogen-bond donors (Lipinski definition) is 3. The van der Waals surface area contributed by atoms with E-state index in [0.29, 0.717) is 29.9 Å². The van der Waals surface area contributed by atoms with Crippen molar-refractivity contribution in [2.75, 3.05) is 31.9 Å². The molecule has 2 aromatic carbocycles. The summed E-state index contributed by atoms with van der Waals surface area (Å²) < 4.78 is 0. The first-order chi connectivity index (χ1) is 13.1. The van der Waals surface area contributed by atoms with Crippen molar-refractivity contribution in [1.82, 2.24) is 15.5 Å². The number of carbonyl (C=O) groups excluding carboxylic acids is 2. The van der Waals surface area contributed by atoms with Gasteiger partial charge in [-0.2, -0.15) is 0 Å². The molecule has 6 nitrogen and oxygen atoms in total. The van der Waals surface area contributed by atoms with Gasteiger partial charge in [0.25, 0.3) is 11.8 Å². The van der Waals surface area contributed by atoms with Gasteiger partial charge in [-0.3, -0.25) is 9.59 Å². The summed E-state index contributed by atoms with van der Waals surface area (Å²) in [5.41, 5.74) is 8.35. The second-order valence-corrected chi connectivity index (χ2v) is 6.81. The molecule has 0 unspecified atom stereocenters. The number of hydrogen-bond acceptors (Lipinski definition) is 4. The molecule has 0 aromatic heterocycles. The zero-order valence-electron chi connectivity index (χ0n) is 16.2. The number of nitrogens with zero attached hydrogens (tertiary/aromatic N) is 1. The van der Waals surface area contributed by atoms with Gasteiger partial charge in [-0.15, -0.1) is 24.8 Å². The standard InChI is InChI=1S/C21H26N4O2.2ClH/c22-19-5-3-4-18(14-19)21(27)24-15-16-6-8-17(9-7-16)20(26)23-10-13-25-11-1-2-12-25;;/h3-9,14H,1-2,10-13,15,22H2,(H,23,26)(H,24,27);2*1H. The molecule has 0 bridgehead atoms. The summed E-state index contributed by atoms with van der Waals surface area (Å²) in [6.07, 6.45) is 2.51. The molecule has 0 atom stereocenters. The van der Waals surface area contributed by atoms with E-state index in [2.05, 4.69) is 15.5 Å². The van der Waals surface area contributed by atoms with E-state index in [9.17, 15) is 9.59 Å². The van der Waals surface area contributed by atoms with Crippen molar-refractivity contribution in [2.24, 2.45) is 0 Å². The van der Waals surface area contributed by atoms with E-state index in [4.69, 9.17) is 5.73 Å². The molecule has 0 spiro atoms. The minimum atomic E-state index is -0.175. The van der Waals surface area contributed by atoms with Crippen LogP contribution >= 0.6 is 24.8 Å². The maximum atomic E-state index is 12.2. The van der Waals surface area contributed by atoms with E-state index in [1.165, 1.54) is 12.8 Å². The highest BCUT2D eigenvalue weighted by molar-refractivity contribution is 5.95. The van der Waals surface area contributed by atoms with Crippen molar-refractivity contribution in [3.8, 4) is 0 Å². The Morgan fingerprint density at radius 3 is 2.21 bits per heavy atom. The first-order valence-corrected chi connectivity index (χ1v) is 9.35. The van der Waals surface area contributed by atoms with Gasteiger partial charge in [0.15, 0.2) is 0 Å². The van der Waals surface area contributed by atoms with Crippen LogP contribution < -0.4 is 16.4 Å². The molecule has 0 aliphatic carbocycles. The molecule has 3 rings (SSSR count). The highest BCUT2D eigenvalue weighted by atomic mass is 35.5. The summed E-state index contributed by atoms with van der Waals surface area (Å²) in [5, 5.41) is 5.82. The molecule has 1 fully saturated rings.